The van der Waals surface area contributed by atoms with E-state index >= 15 is 0 Å². The molecule has 1 aromatic heterocycles. The lowest BCUT2D eigenvalue weighted by Gasteiger charge is -2.24. The summed E-state index contributed by atoms with van der Waals surface area (Å²) in [6, 6.07) is 0. The van der Waals surface area contributed by atoms with Gasteiger partial charge in [0.25, 0.3) is 5.95 Å². The van der Waals surface area contributed by atoms with Crippen molar-refractivity contribution in [3.05, 3.63) is 5.89 Å². The van der Waals surface area contributed by atoms with Crippen LogP contribution in [-0.4, -0.2) is 43.0 Å². The van der Waals surface area contributed by atoms with Gasteiger partial charge in [-0.1, -0.05) is 0 Å². The summed E-state index contributed by atoms with van der Waals surface area (Å²) in [7, 11) is 0. The number of ether oxygens (including phenoxy) is 1. The Balaban J connectivity index is 1.77. The van der Waals surface area contributed by atoms with E-state index in [-0.39, 0.29) is 5.41 Å². The molecule has 3 rings (SSSR count). The van der Waals surface area contributed by atoms with Gasteiger partial charge in [0.2, 0.25) is 5.89 Å². The van der Waals surface area contributed by atoms with Crippen LogP contribution in [0.4, 0.5) is 5.95 Å². The van der Waals surface area contributed by atoms with Crippen LogP contribution in [0, 0.1) is 0 Å². The summed E-state index contributed by atoms with van der Waals surface area (Å²) in [5, 5.41) is 4.02. The quantitative estimate of drug-likeness (QED) is 0.772. The topological polar surface area (TPSA) is 77.4 Å². The first kappa shape index (κ1) is 10.0. The molecule has 0 radical (unpaired) electrons. The maximum absolute atomic E-state index is 5.73. The van der Waals surface area contributed by atoms with Crippen LogP contribution >= 0.6 is 0 Å². The third-order valence-corrected chi connectivity index (χ3v) is 3.41. The summed E-state index contributed by atoms with van der Waals surface area (Å²) in [5.41, 5.74) is 5.71. The number of anilines is 1. The van der Waals surface area contributed by atoms with Crippen molar-refractivity contribution in [2.24, 2.45) is 5.73 Å². The zero-order valence-corrected chi connectivity index (χ0v) is 9.19. The summed E-state index contributed by atoms with van der Waals surface area (Å²) in [6.45, 7) is 3.71. The van der Waals surface area contributed by atoms with Gasteiger partial charge in [-0.05, 0) is 18.0 Å². The van der Waals surface area contributed by atoms with E-state index in [1.165, 1.54) is 0 Å². The summed E-state index contributed by atoms with van der Waals surface area (Å²) >= 11 is 0. The van der Waals surface area contributed by atoms with Gasteiger partial charge in [0.1, 0.15) is 0 Å². The molecule has 16 heavy (non-hydrogen) atoms. The molecule has 2 fully saturated rings. The Morgan fingerprint density at radius 1 is 1.31 bits per heavy atom. The van der Waals surface area contributed by atoms with Crippen molar-refractivity contribution in [1.29, 1.82) is 0 Å². The Bertz CT molecular complexity index is 369. The minimum atomic E-state index is -0.0163. The molecule has 0 bridgehead atoms. The fourth-order valence-corrected chi connectivity index (χ4v) is 1.98. The van der Waals surface area contributed by atoms with E-state index in [0.29, 0.717) is 18.4 Å². The van der Waals surface area contributed by atoms with Gasteiger partial charge in [-0.3, -0.25) is 0 Å². The molecule has 1 aromatic rings. The van der Waals surface area contributed by atoms with Gasteiger partial charge in [0.05, 0.1) is 18.6 Å². The van der Waals surface area contributed by atoms with Crippen molar-refractivity contribution in [3.8, 4) is 0 Å². The van der Waals surface area contributed by atoms with Gasteiger partial charge in [-0.25, -0.2) is 0 Å². The molecule has 2 heterocycles. The fourth-order valence-electron chi connectivity index (χ4n) is 1.98. The molecule has 1 saturated heterocycles. The zero-order chi connectivity index (χ0) is 11.0. The molecule has 6 heteroatoms. The molecule has 1 saturated carbocycles. The van der Waals surface area contributed by atoms with Crippen LogP contribution in [0.15, 0.2) is 4.52 Å². The summed E-state index contributed by atoms with van der Waals surface area (Å²) in [6.07, 6.45) is 2.13. The van der Waals surface area contributed by atoms with Gasteiger partial charge in [-0.2, -0.15) is 4.98 Å². The first-order chi connectivity index (χ1) is 7.84. The second kappa shape index (κ2) is 3.71. The monoisotopic (exact) mass is 224 g/mol. The average molecular weight is 224 g/mol. The van der Waals surface area contributed by atoms with Crippen LogP contribution in [0.5, 0.6) is 0 Å². The van der Waals surface area contributed by atoms with Crippen LogP contribution in [0.3, 0.4) is 0 Å². The Morgan fingerprint density at radius 3 is 2.69 bits per heavy atom. The highest BCUT2D eigenvalue weighted by Gasteiger charge is 2.48. The van der Waals surface area contributed by atoms with Gasteiger partial charge < -0.3 is 19.9 Å². The second-order valence-corrected chi connectivity index (χ2v) is 4.48. The molecular formula is C10H16N4O2. The molecule has 6 nitrogen and oxygen atoms in total. The third kappa shape index (κ3) is 1.58. The Kier molecular flexibility index (Phi) is 2.33. The predicted molar refractivity (Wildman–Crippen MR) is 57.3 cm³/mol. The standard InChI is InChI=1S/C10H16N4O2/c11-7-10(1-2-10)8-12-9(13-16-8)14-3-5-15-6-4-14/h1-7,11H2. The molecule has 88 valence electrons. The number of hydrogen-bond donors (Lipinski definition) is 1. The van der Waals surface area contributed by atoms with E-state index in [1.54, 1.807) is 0 Å². The highest BCUT2D eigenvalue weighted by Crippen LogP contribution is 2.46. The predicted octanol–water partition coefficient (Wildman–Crippen LogP) is -0.103. The third-order valence-electron chi connectivity index (χ3n) is 3.41. The Labute approximate surface area is 93.7 Å². The molecule has 0 unspecified atom stereocenters. The van der Waals surface area contributed by atoms with Gasteiger partial charge in [0, 0.05) is 19.6 Å². The molecule has 2 aliphatic rings. The molecular weight excluding hydrogens is 208 g/mol. The van der Waals surface area contributed by atoms with E-state index in [1.807, 2.05) is 0 Å². The van der Waals surface area contributed by atoms with Gasteiger partial charge in [0.15, 0.2) is 0 Å². The summed E-state index contributed by atoms with van der Waals surface area (Å²) < 4.78 is 10.6. The number of rotatable bonds is 3. The SMILES string of the molecule is NCC1(c2nc(N3CCOCC3)no2)CC1. The van der Waals surface area contributed by atoms with Crippen LogP contribution in [0.1, 0.15) is 18.7 Å². The molecule has 0 amide bonds. The number of aromatic nitrogens is 2. The van der Waals surface area contributed by atoms with E-state index < -0.39 is 0 Å². The number of nitrogens with two attached hydrogens (primary N) is 1. The van der Waals surface area contributed by atoms with Crippen molar-refractivity contribution in [2.75, 3.05) is 37.7 Å². The van der Waals surface area contributed by atoms with Crippen molar-refractivity contribution in [2.45, 2.75) is 18.3 Å². The van der Waals surface area contributed by atoms with Crippen LogP contribution < -0.4 is 10.6 Å². The normalized spacial score (nSPS) is 23.4. The minimum absolute atomic E-state index is 0.0163. The van der Waals surface area contributed by atoms with E-state index in [0.717, 1.165) is 39.1 Å². The average Bonchev–Trinajstić information content (AvgIpc) is 3.00. The van der Waals surface area contributed by atoms with Crippen molar-refractivity contribution >= 4 is 5.95 Å². The molecule has 0 spiro atoms. The van der Waals surface area contributed by atoms with Gasteiger partial charge >= 0.3 is 0 Å². The first-order valence-electron chi connectivity index (χ1n) is 5.71. The van der Waals surface area contributed by atoms with Crippen molar-refractivity contribution in [1.82, 2.24) is 10.1 Å². The molecule has 1 aliphatic carbocycles. The van der Waals surface area contributed by atoms with Crippen molar-refractivity contribution in [3.63, 3.8) is 0 Å². The van der Waals surface area contributed by atoms with Crippen LogP contribution in [0.25, 0.3) is 0 Å². The van der Waals surface area contributed by atoms with E-state index in [9.17, 15) is 0 Å². The highest BCUT2D eigenvalue weighted by molar-refractivity contribution is 5.30. The smallest absolute Gasteiger partial charge is 0.266 e. The lowest BCUT2D eigenvalue weighted by molar-refractivity contribution is 0.121. The van der Waals surface area contributed by atoms with Crippen molar-refractivity contribution < 1.29 is 9.26 Å². The number of morpholine rings is 1. The number of hydrogen-bond acceptors (Lipinski definition) is 6. The zero-order valence-electron chi connectivity index (χ0n) is 9.19. The molecule has 0 atom stereocenters. The Hall–Kier alpha value is -1.14. The molecule has 1 aliphatic heterocycles. The molecule has 2 N–H and O–H groups in total. The summed E-state index contributed by atoms with van der Waals surface area (Å²) in [5.74, 6) is 1.38. The maximum atomic E-state index is 5.73. The lowest BCUT2D eigenvalue weighted by Crippen LogP contribution is -2.37. The highest BCUT2D eigenvalue weighted by atomic mass is 16.5. The van der Waals surface area contributed by atoms with Crippen LogP contribution in [0.2, 0.25) is 0 Å². The Morgan fingerprint density at radius 2 is 2.06 bits per heavy atom. The van der Waals surface area contributed by atoms with E-state index in [4.69, 9.17) is 15.0 Å². The number of nitrogens with zero attached hydrogens (tertiary/aromatic N) is 3. The lowest BCUT2D eigenvalue weighted by atomic mass is 10.1. The minimum Gasteiger partial charge on any atom is -0.378 e. The van der Waals surface area contributed by atoms with Crippen LogP contribution in [-0.2, 0) is 10.2 Å². The summed E-state index contributed by atoms with van der Waals surface area (Å²) in [4.78, 5) is 6.54. The molecule has 0 aromatic carbocycles. The fraction of sp³-hybridized carbons (Fsp3) is 0.800. The largest absolute Gasteiger partial charge is 0.378 e. The van der Waals surface area contributed by atoms with Gasteiger partial charge in [-0.15, -0.1) is 0 Å². The maximum Gasteiger partial charge on any atom is 0.266 e. The second-order valence-electron chi connectivity index (χ2n) is 4.48. The van der Waals surface area contributed by atoms with E-state index in [2.05, 4.69) is 15.0 Å². The first-order valence-corrected chi connectivity index (χ1v) is 5.71.